The number of carbonyl (C=O) groups is 2. The molecule has 0 spiro atoms. The summed E-state index contributed by atoms with van der Waals surface area (Å²) < 4.78 is 15.8. The number of alkyl carbamates (subject to hydrolysis) is 1. The number of rotatable bonds is 6. The lowest BCUT2D eigenvalue weighted by Gasteiger charge is -2.20. The average molecular weight is 405 g/mol. The van der Waals surface area contributed by atoms with Crippen LogP contribution in [0.4, 0.5) is 4.79 Å². The van der Waals surface area contributed by atoms with E-state index in [1.807, 2.05) is 6.07 Å². The number of carbonyl (C=O) groups excluding carboxylic acids is 2. The maximum atomic E-state index is 12.3. The summed E-state index contributed by atoms with van der Waals surface area (Å²) in [6.45, 7) is 0.0227. The molecular weight excluding hydrogens is 384 g/mol. The van der Waals surface area contributed by atoms with Gasteiger partial charge in [0, 0.05) is 23.1 Å². The van der Waals surface area contributed by atoms with Crippen LogP contribution in [0.1, 0.15) is 23.6 Å². The summed E-state index contributed by atoms with van der Waals surface area (Å²) in [4.78, 5) is 24.1. The number of nitrogens with one attached hydrogen (secondary N) is 2. The first-order chi connectivity index (χ1) is 13.5. The molecule has 0 saturated carbocycles. The number of ether oxygens (including phenoxy) is 3. The predicted octanol–water partition coefficient (Wildman–Crippen LogP) is 3.21. The monoisotopic (exact) mass is 404 g/mol. The van der Waals surface area contributed by atoms with Gasteiger partial charge in [0.1, 0.15) is 18.1 Å². The lowest BCUT2D eigenvalue weighted by molar-refractivity contribution is -0.119. The summed E-state index contributed by atoms with van der Waals surface area (Å²) in [6.07, 6.45) is -0.454. The van der Waals surface area contributed by atoms with E-state index < -0.39 is 12.1 Å². The Balaban J connectivity index is 1.63. The van der Waals surface area contributed by atoms with Crippen molar-refractivity contribution in [1.82, 2.24) is 10.6 Å². The van der Waals surface area contributed by atoms with E-state index in [0.717, 1.165) is 5.56 Å². The van der Waals surface area contributed by atoms with Crippen molar-refractivity contribution < 1.29 is 23.8 Å². The first-order valence-corrected chi connectivity index (χ1v) is 9.07. The van der Waals surface area contributed by atoms with Crippen LogP contribution in [0.25, 0.3) is 0 Å². The van der Waals surface area contributed by atoms with Crippen molar-refractivity contribution in [1.29, 1.82) is 0 Å². The molecule has 2 atom stereocenters. The van der Waals surface area contributed by atoms with Crippen LogP contribution in [0.5, 0.6) is 11.5 Å². The summed E-state index contributed by atoms with van der Waals surface area (Å²) in [5, 5.41) is 6.17. The van der Waals surface area contributed by atoms with Gasteiger partial charge in [-0.05, 0) is 29.8 Å². The van der Waals surface area contributed by atoms with Crippen LogP contribution in [0.3, 0.4) is 0 Å². The molecule has 1 fully saturated rings. The lowest BCUT2D eigenvalue weighted by Crippen LogP contribution is -2.38. The van der Waals surface area contributed by atoms with Crippen molar-refractivity contribution >= 4 is 23.6 Å². The molecule has 148 valence electrons. The minimum Gasteiger partial charge on any atom is -0.497 e. The van der Waals surface area contributed by atoms with Gasteiger partial charge in [-0.25, -0.2) is 4.79 Å². The van der Waals surface area contributed by atoms with Gasteiger partial charge in [0.2, 0.25) is 5.91 Å². The van der Waals surface area contributed by atoms with Crippen molar-refractivity contribution in [3.05, 3.63) is 58.6 Å². The molecule has 0 unspecified atom stereocenters. The molecule has 0 radical (unpaired) electrons. The molecule has 1 saturated heterocycles. The number of amides is 2. The fourth-order valence-electron chi connectivity index (χ4n) is 3.11. The molecule has 2 N–H and O–H groups in total. The zero-order valence-corrected chi connectivity index (χ0v) is 16.3. The molecule has 0 aromatic heterocycles. The average Bonchev–Trinajstić information content (AvgIpc) is 3.06. The quantitative estimate of drug-likeness (QED) is 0.772. The van der Waals surface area contributed by atoms with Crippen LogP contribution in [0, 0.1) is 0 Å². The van der Waals surface area contributed by atoms with E-state index in [9.17, 15) is 9.59 Å². The number of hydrogen-bond donors (Lipinski definition) is 2. The van der Waals surface area contributed by atoms with E-state index in [-0.39, 0.29) is 25.0 Å². The van der Waals surface area contributed by atoms with Crippen molar-refractivity contribution in [3.8, 4) is 11.5 Å². The highest BCUT2D eigenvalue weighted by Gasteiger charge is 2.35. The van der Waals surface area contributed by atoms with E-state index in [1.54, 1.807) is 43.5 Å². The molecule has 3 rings (SSSR count). The summed E-state index contributed by atoms with van der Waals surface area (Å²) >= 11 is 6.04. The molecule has 1 aliphatic heterocycles. The Labute approximate surface area is 167 Å². The Kier molecular flexibility index (Phi) is 6.26. The molecule has 7 nitrogen and oxygen atoms in total. The summed E-state index contributed by atoms with van der Waals surface area (Å²) in [5.41, 5.74) is 1.52. The molecule has 1 aliphatic rings. The second-order valence-electron chi connectivity index (χ2n) is 6.31. The zero-order valence-electron chi connectivity index (χ0n) is 15.5. The Morgan fingerprint density at radius 1 is 1.21 bits per heavy atom. The van der Waals surface area contributed by atoms with Crippen LogP contribution in [-0.4, -0.2) is 32.3 Å². The predicted molar refractivity (Wildman–Crippen MR) is 104 cm³/mol. The van der Waals surface area contributed by atoms with E-state index in [4.69, 9.17) is 25.8 Å². The Bertz CT molecular complexity index is 873. The standard InChI is InChI=1S/C20H21ClN2O5/c1-26-15-7-6-13(17(9-15)27-2)11-28-20(25)22-16-10-18(24)23-19(16)12-4-3-5-14(21)8-12/h3-9,16,19H,10-11H2,1-2H3,(H,22,25)(H,23,24)/t16-,19+/m1/s1. The largest absolute Gasteiger partial charge is 0.497 e. The van der Waals surface area contributed by atoms with E-state index in [2.05, 4.69) is 10.6 Å². The molecule has 1 heterocycles. The molecule has 0 bridgehead atoms. The van der Waals surface area contributed by atoms with Gasteiger partial charge in [-0.3, -0.25) is 4.79 Å². The SMILES string of the molecule is COc1ccc(COC(=O)N[C@@H]2CC(=O)N[C@H]2c2cccc(Cl)c2)c(OC)c1. The van der Waals surface area contributed by atoms with Crippen LogP contribution < -0.4 is 20.1 Å². The number of hydrogen-bond acceptors (Lipinski definition) is 5. The third-order valence-corrected chi connectivity index (χ3v) is 4.72. The maximum absolute atomic E-state index is 12.3. The molecule has 2 aromatic rings. The van der Waals surface area contributed by atoms with Gasteiger partial charge in [0.05, 0.1) is 26.3 Å². The number of methoxy groups -OCH3 is 2. The summed E-state index contributed by atoms with van der Waals surface area (Å²) in [7, 11) is 3.09. The van der Waals surface area contributed by atoms with Crippen LogP contribution in [0.2, 0.25) is 5.02 Å². The van der Waals surface area contributed by atoms with Crippen molar-refractivity contribution in [2.75, 3.05) is 14.2 Å². The van der Waals surface area contributed by atoms with E-state index in [1.165, 1.54) is 7.11 Å². The van der Waals surface area contributed by atoms with Gasteiger partial charge in [-0.15, -0.1) is 0 Å². The van der Waals surface area contributed by atoms with Crippen molar-refractivity contribution in [2.24, 2.45) is 0 Å². The normalized spacial score (nSPS) is 18.3. The fraction of sp³-hybridized carbons (Fsp3) is 0.300. The Morgan fingerprint density at radius 3 is 2.75 bits per heavy atom. The fourth-order valence-corrected chi connectivity index (χ4v) is 3.31. The summed E-state index contributed by atoms with van der Waals surface area (Å²) in [5.74, 6) is 1.05. The number of halogens is 1. The molecule has 28 heavy (non-hydrogen) atoms. The molecule has 0 aliphatic carbocycles. The zero-order chi connectivity index (χ0) is 20.1. The number of benzene rings is 2. The highest BCUT2D eigenvalue weighted by molar-refractivity contribution is 6.30. The molecule has 8 heteroatoms. The lowest BCUT2D eigenvalue weighted by atomic mass is 10.0. The van der Waals surface area contributed by atoms with E-state index in [0.29, 0.717) is 22.1 Å². The van der Waals surface area contributed by atoms with Crippen molar-refractivity contribution in [2.45, 2.75) is 25.1 Å². The first-order valence-electron chi connectivity index (χ1n) is 8.69. The van der Waals surface area contributed by atoms with Gasteiger partial charge in [-0.2, -0.15) is 0 Å². The molecular formula is C20H21ClN2O5. The third kappa shape index (κ3) is 4.67. The highest BCUT2D eigenvalue weighted by atomic mass is 35.5. The first kappa shape index (κ1) is 19.8. The van der Waals surface area contributed by atoms with Gasteiger partial charge < -0.3 is 24.8 Å². The third-order valence-electron chi connectivity index (χ3n) is 4.49. The van der Waals surface area contributed by atoms with Gasteiger partial charge >= 0.3 is 6.09 Å². The van der Waals surface area contributed by atoms with Gasteiger partial charge in [0.25, 0.3) is 0 Å². The molecule has 2 aromatic carbocycles. The second-order valence-corrected chi connectivity index (χ2v) is 6.75. The minimum absolute atomic E-state index is 0.0227. The van der Waals surface area contributed by atoms with Crippen LogP contribution >= 0.6 is 11.6 Å². The van der Waals surface area contributed by atoms with Crippen molar-refractivity contribution in [3.63, 3.8) is 0 Å². The summed E-state index contributed by atoms with van der Waals surface area (Å²) in [6, 6.07) is 11.6. The van der Waals surface area contributed by atoms with E-state index >= 15 is 0 Å². The topological polar surface area (TPSA) is 85.9 Å². The highest BCUT2D eigenvalue weighted by Crippen LogP contribution is 2.27. The van der Waals surface area contributed by atoms with Crippen LogP contribution in [0.15, 0.2) is 42.5 Å². The maximum Gasteiger partial charge on any atom is 0.407 e. The van der Waals surface area contributed by atoms with Crippen LogP contribution in [-0.2, 0) is 16.1 Å². The van der Waals surface area contributed by atoms with Gasteiger partial charge in [-0.1, -0.05) is 23.7 Å². The Morgan fingerprint density at radius 2 is 2.04 bits per heavy atom. The smallest absolute Gasteiger partial charge is 0.407 e. The van der Waals surface area contributed by atoms with Gasteiger partial charge in [0.15, 0.2) is 0 Å². The second kappa shape index (κ2) is 8.84. The molecule has 2 amide bonds. The minimum atomic E-state index is -0.619. The Hall–Kier alpha value is -2.93.